The van der Waals surface area contributed by atoms with Crippen LogP contribution in [0.5, 0.6) is 0 Å². The molecule has 1 aromatic carbocycles. The van der Waals surface area contributed by atoms with Crippen LogP contribution >= 0.6 is 12.4 Å². The molecule has 0 aliphatic carbocycles. The van der Waals surface area contributed by atoms with Crippen molar-refractivity contribution in [3.8, 4) is 0 Å². The topological polar surface area (TPSA) is 92.7 Å². The van der Waals surface area contributed by atoms with Crippen molar-refractivity contribution in [2.24, 2.45) is 0 Å². The van der Waals surface area contributed by atoms with Crippen molar-refractivity contribution in [3.63, 3.8) is 0 Å². The zero-order chi connectivity index (χ0) is 16.3. The van der Waals surface area contributed by atoms with Crippen LogP contribution in [0, 0.1) is 0 Å². The molecule has 0 amide bonds. The van der Waals surface area contributed by atoms with Crippen molar-refractivity contribution < 1.29 is 12.9 Å². The summed E-state index contributed by atoms with van der Waals surface area (Å²) in [4.78, 5) is 2.23. The summed E-state index contributed by atoms with van der Waals surface area (Å²) in [7, 11) is -3.35. The van der Waals surface area contributed by atoms with Gasteiger partial charge in [-0.2, -0.15) is 4.31 Å². The summed E-state index contributed by atoms with van der Waals surface area (Å²) >= 11 is 0. The van der Waals surface area contributed by atoms with Crippen LogP contribution in [-0.2, 0) is 22.3 Å². The van der Waals surface area contributed by atoms with E-state index in [-0.39, 0.29) is 18.2 Å². The molecule has 7 nitrogen and oxygen atoms in total. The zero-order valence-corrected chi connectivity index (χ0v) is 14.8. The molecule has 1 aromatic heterocycles. The van der Waals surface area contributed by atoms with Crippen molar-refractivity contribution in [1.82, 2.24) is 14.4 Å². The maximum absolute atomic E-state index is 12.4. The number of nitrogens with zero attached hydrogens (tertiary/aromatic N) is 3. The van der Waals surface area contributed by atoms with Gasteiger partial charge in [-0.05, 0) is 17.7 Å². The fourth-order valence-electron chi connectivity index (χ4n) is 2.71. The second kappa shape index (κ2) is 7.98. The first-order valence-corrected chi connectivity index (χ1v) is 9.08. The number of hydrogen-bond acceptors (Lipinski definition) is 6. The monoisotopic (exact) mass is 372 g/mol. The van der Waals surface area contributed by atoms with Crippen molar-refractivity contribution in [2.45, 2.75) is 12.3 Å². The minimum absolute atomic E-state index is 0. The molecular weight excluding hydrogens is 352 g/mol. The number of rotatable bonds is 5. The lowest BCUT2D eigenvalue weighted by atomic mass is 10.2. The Bertz CT molecular complexity index is 744. The summed E-state index contributed by atoms with van der Waals surface area (Å²) in [5, 5.41) is 3.67. The summed E-state index contributed by atoms with van der Waals surface area (Å²) in [6, 6.07) is 9.35. The quantitative estimate of drug-likeness (QED) is 0.796. The minimum atomic E-state index is -3.35. The van der Waals surface area contributed by atoms with Gasteiger partial charge in [0, 0.05) is 44.5 Å². The van der Waals surface area contributed by atoms with E-state index in [4.69, 9.17) is 5.73 Å². The van der Waals surface area contributed by atoms with Crippen molar-refractivity contribution in [3.05, 3.63) is 47.9 Å². The van der Waals surface area contributed by atoms with Crippen LogP contribution < -0.4 is 5.73 Å². The third-order valence-electron chi connectivity index (χ3n) is 3.90. The fourth-order valence-corrected chi connectivity index (χ4v) is 4.13. The second-order valence-corrected chi connectivity index (χ2v) is 7.64. The summed E-state index contributed by atoms with van der Waals surface area (Å²) < 4.78 is 31.0. The minimum Gasteiger partial charge on any atom is -0.399 e. The van der Waals surface area contributed by atoms with Gasteiger partial charge in [0.1, 0.15) is 12.0 Å². The van der Waals surface area contributed by atoms with E-state index < -0.39 is 10.0 Å². The van der Waals surface area contributed by atoms with Gasteiger partial charge in [-0.3, -0.25) is 4.90 Å². The number of sulfonamides is 1. The van der Waals surface area contributed by atoms with Crippen LogP contribution in [0.25, 0.3) is 0 Å². The first-order valence-electron chi connectivity index (χ1n) is 7.47. The predicted molar refractivity (Wildman–Crippen MR) is 94.1 cm³/mol. The molecule has 2 N–H and O–H groups in total. The number of piperazine rings is 1. The van der Waals surface area contributed by atoms with Gasteiger partial charge in [0.25, 0.3) is 0 Å². The molecule has 0 spiro atoms. The number of benzene rings is 1. The molecule has 0 saturated carbocycles. The van der Waals surface area contributed by atoms with Gasteiger partial charge < -0.3 is 10.3 Å². The van der Waals surface area contributed by atoms with Crippen LogP contribution in [0.15, 0.2) is 41.1 Å². The lowest BCUT2D eigenvalue weighted by Crippen LogP contribution is -2.48. The molecule has 1 aliphatic rings. The van der Waals surface area contributed by atoms with E-state index in [1.807, 2.05) is 24.3 Å². The molecule has 3 rings (SSSR count). The normalized spacial score (nSPS) is 16.7. The highest BCUT2D eigenvalue weighted by atomic mass is 35.5. The molecule has 9 heteroatoms. The number of aromatic nitrogens is 1. The van der Waals surface area contributed by atoms with Gasteiger partial charge in [-0.25, -0.2) is 8.42 Å². The fraction of sp³-hybridized carbons (Fsp3) is 0.400. The summed E-state index contributed by atoms with van der Waals surface area (Å²) in [5.74, 6) is -0.112. The Morgan fingerprint density at radius 1 is 1.17 bits per heavy atom. The standard InChI is InChI=1S/C15H20N4O3S.ClH/c16-14-3-1-2-13(10-14)11-18-5-7-19(8-6-18)23(20,21)12-15-4-9-22-17-15;/h1-4,9-10H,5-8,11-12,16H2;1H. The highest BCUT2D eigenvalue weighted by Crippen LogP contribution is 2.15. The van der Waals surface area contributed by atoms with Gasteiger partial charge in [-0.15, -0.1) is 12.4 Å². The van der Waals surface area contributed by atoms with Gasteiger partial charge >= 0.3 is 0 Å². The SMILES string of the molecule is Cl.Nc1cccc(CN2CCN(S(=O)(=O)Cc3ccon3)CC2)c1. The molecule has 0 unspecified atom stereocenters. The molecule has 1 aliphatic heterocycles. The number of nitrogen functional groups attached to an aromatic ring is 1. The summed E-state index contributed by atoms with van der Waals surface area (Å²) in [5.41, 5.74) is 8.11. The van der Waals surface area contributed by atoms with E-state index in [1.165, 1.54) is 10.6 Å². The van der Waals surface area contributed by atoms with Crippen LogP contribution in [-0.4, -0.2) is 49.0 Å². The molecule has 0 atom stereocenters. The molecule has 24 heavy (non-hydrogen) atoms. The number of halogens is 1. The third kappa shape index (κ3) is 4.70. The number of nitrogens with two attached hydrogens (primary N) is 1. The lowest BCUT2D eigenvalue weighted by molar-refractivity contribution is 0.181. The number of anilines is 1. The molecule has 2 heterocycles. The van der Waals surface area contributed by atoms with Crippen LogP contribution in [0.4, 0.5) is 5.69 Å². The van der Waals surface area contributed by atoms with Crippen molar-refractivity contribution in [1.29, 1.82) is 0 Å². The Morgan fingerprint density at radius 3 is 2.54 bits per heavy atom. The molecule has 1 saturated heterocycles. The van der Waals surface area contributed by atoms with Crippen LogP contribution in [0.3, 0.4) is 0 Å². The van der Waals surface area contributed by atoms with E-state index in [2.05, 4.69) is 14.6 Å². The second-order valence-electron chi connectivity index (χ2n) is 5.67. The summed E-state index contributed by atoms with van der Waals surface area (Å²) in [6.07, 6.45) is 1.38. The summed E-state index contributed by atoms with van der Waals surface area (Å²) in [6.45, 7) is 3.16. The Labute approximate surface area is 147 Å². The first kappa shape index (κ1) is 18.7. The predicted octanol–water partition coefficient (Wildman–Crippen LogP) is 1.33. The van der Waals surface area contributed by atoms with Gasteiger partial charge in [-0.1, -0.05) is 17.3 Å². The van der Waals surface area contributed by atoms with Gasteiger partial charge in [0.05, 0.1) is 5.69 Å². The largest absolute Gasteiger partial charge is 0.399 e. The number of hydrogen-bond donors (Lipinski definition) is 1. The third-order valence-corrected chi connectivity index (χ3v) is 5.72. The average molecular weight is 373 g/mol. The Kier molecular flexibility index (Phi) is 6.22. The van der Waals surface area contributed by atoms with Gasteiger partial charge in [0.2, 0.25) is 10.0 Å². The van der Waals surface area contributed by atoms with E-state index in [0.717, 1.165) is 17.8 Å². The molecule has 132 valence electrons. The van der Waals surface area contributed by atoms with Crippen LogP contribution in [0.1, 0.15) is 11.3 Å². The molecule has 0 radical (unpaired) electrons. The smallest absolute Gasteiger partial charge is 0.220 e. The Balaban J connectivity index is 0.00000208. The maximum Gasteiger partial charge on any atom is 0.220 e. The van der Waals surface area contributed by atoms with Crippen LogP contribution in [0.2, 0.25) is 0 Å². The first-order chi connectivity index (χ1) is 11.0. The van der Waals surface area contributed by atoms with E-state index in [1.54, 1.807) is 6.07 Å². The Hall–Kier alpha value is -1.61. The molecular formula is C15H21ClN4O3S. The lowest BCUT2D eigenvalue weighted by Gasteiger charge is -2.33. The van der Waals surface area contributed by atoms with E-state index in [0.29, 0.717) is 31.9 Å². The molecule has 2 aromatic rings. The van der Waals surface area contributed by atoms with E-state index >= 15 is 0 Å². The Morgan fingerprint density at radius 2 is 1.92 bits per heavy atom. The molecule has 0 bridgehead atoms. The molecule has 1 fully saturated rings. The highest BCUT2D eigenvalue weighted by molar-refractivity contribution is 7.88. The average Bonchev–Trinajstić information content (AvgIpc) is 3.00. The zero-order valence-electron chi connectivity index (χ0n) is 13.2. The van der Waals surface area contributed by atoms with Crippen molar-refractivity contribution >= 4 is 28.1 Å². The van der Waals surface area contributed by atoms with Gasteiger partial charge in [0.15, 0.2) is 0 Å². The highest BCUT2D eigenvalue weighted by Gasteiger charge is 2.27. The van der Waals surface area contributed by atoms with E-state index in [9.17, 15) is 8.42 Å². The van der Waals surface area contributed by atoms with Crippen molar-refractivity contribution in [2.75, 3.05) is 31.9 Å². The maximum atomic E-state index is 12.4.